The van der Waals surface area contributed by atoms with Gasteiger partial charge in [0.25, 0.3) is 5.91 Å². The normalized spacial score (nSPS) is 11.5. The molecule has 0 aliphatic heterocycles. The summed E-state index contributed by atoms with van der Waals surface area (Å²) in [6.45, 7) is 1.86. The minimum atomic E-state index is -0.472. The average Bonchev–Trinajstić information content (AvgIpc) is 3.03. The number of methoxy groups -OCH3 is 1. The van der Waals surface area contributed by atoms with E-state index in [0.717, 1.165) is 0 Å². The molecule has 29 heavy (non-hydrogen) atoms. The highest BCUT2D eigenvalue weighted by Crippen LogP contribution is 2.21. The lowest BCUT2D eigenvalue weighted by atomic mass is 10.2. The minimum Gasteiger partial charge on any atom is -0.465 e. The molecule has 1 aromatic heterocycles. The van der Waals surface area contributed by atoms with E-state index in [0.29, 0.717) is 30.6 Å². The molecule has 2 aromatic carbocycles. The zero-order valence-electron chi connectivity index (χ0n) is 15.7. The second-order valence-corrected chi connectivity index (χ2v) is 7.71. The lowest BCUT2D eigenvalue weighted by Gasteiger charge is -2.06. The number of esters is 2. The van der Waals surface area contributed by atoms with Crippen LogP contribution in [0.5, 0.6) is 0 Å². The molecule has 0 bridgehead atoms. The van der Waals surface area contributed by atoms with E-state index in [9.17, 15) is 14.4 Å². The summed E-state index contributed by atoms with van der Waals surface area (Å²) in [5.74, 6) is -1.37. The first-order valence-corrected chi connectivity index (χ1v) is 10.3. The molecular formula is C20H17BrN2O5S. The van der Waals surface area contributed by atoms with E-state index in [1.807, 2.05) is 0 Å². The van der Waals surface area contributed by atoms with Gasteiger partial charge in [0.2, 0.25) is 0 Å². The van der Waals surface area contributed by atoms with Crippen molar-refractivity contribution < 1.29 is 23.9 Å². The number of hydrogen-bond acceptors (Lipinski definition) is 6. The number of hydrogen-bond donors (Lipinski definition) is 0. The summed E-state index contributed by atoms with van der Waals surface area (Å²) >= 11 is 4.55. The molecule has 0 saturated carbocycles. The Labute approximate surface area is 178 Å². The van der Waals surface area contributed by atoms with Crippen LogP contribution < -0.4 is 4.80 Å². The Morgan fingerprint density at radius 1 is 1.17 bits per heavy atom. The van der Waals surface area contributed by atoms with Crippen molar-refractivity contribution in [1.29, 1.82) is 0 Å². The van der Waals surface area contributed by atoms with Crippen LogP contribution in [0.3, 0.4) is 0 Å². The van der Waals surface area contributed by atoms with E-state index in [-0.39, 0.29) is 13.2 Å². The van der Waals surface area contributed by atoms with Crippen LogP contribution >= 0.6 is 27.3 Å². The molecule has 0 aliphatic rings. The molecule has 0 saturated heterocycles. The van der Waals surface area contributed by atoms with Crippen molar-refractivity contribution in [1.82, 2.24) is 4.57 Å². The van der Waals surface area contributed by atoms with Gasteiger partial charge in [-0.25, -0.2) is 4.79 Å². The fourth-order valence-electron chi connectivity index (χ4n) is 2.67. The number of rotatable bonds is 5. The third-order valence-corrected chi connectivity index (χ3v) is 5.73. The predicted octanol–water partition coefficient (Wildman–Crippen LogP) is 3.56. The van der Waals surface area contributed by atoms with Gasteiger partial charge in [0, 0.05) is 4.47 Å². The first kappa shape index (κ1) is 20.9. The molecule has 1 heterocycles. The molecule has 150 valence electrons. The van der Waals surface area contributed by atoms with Gasteiger partial charge in [-0.1, -0.05) is 23.5 Å². The van der Waals surface area contributed by atoms with Crippen LogP contribution in [0.1, 0.15) is 27.6 Å². The van der Waals surface area contributed by atoms with Gasteiger partial charge < -0.3 is 14.0 Å². The number of amides is 1. The van der Waals surface area contributed by atoms with Crippen LogP contribution in [0.15, 0.2) is 51.9 Å². The Morgan fingerprint density at radius 3 is 2.62 bits per heavy atom. The number of nitrogens with zero attached hydrogens (tertiary/aromatic N) is 2. The van der Waals surface area contributed by atoms with Crippen LogP contribution in [0.4, 0.5) is 0 Å². The second-order valence-electron chi connectivity index (χ2n) is 5.85. The molecule has 0 radical (unpaired) electrons. The number of aromatic nitrogens is 1. The Bertz CT molecular complexity index is 1170. The van der Waals surface area contributed by atoms with Crippen LogP contribution in [0.2, 0.25) is 0 Å². The van der Waals surface area contributed by atoms with Gasteiger partial charge >= 0.3 is 11.9 Å². The maximum atomic E-state index is 12.7. The van der Waals surface area contributed by atoms with Crippen molar-refractivity contribution in [3.8, 4) is 0 Å². The Kier molecular flexibility index (Phi) is 6.60. The van der Waals surface area contributed by atoms with Crippen molar-refractivity contribution in [3.05, 3.63) is 62.9 Å². The van der Waals surface area contributed by atoms with Crippen molar-refractivity contribution in [2.75, 3.05) is 13.7 Å². The van der Waals surface area contributed by atoms with Crippen LogP contribution in [-0.4, -0.2) is 36.1 Å². The van der Waals surface area contributed by atoms with Crippen molar-refractivity contribution in [2.24, 2.45) is 4.99 Å². The molecular weight excluding hydrogens is 460 g/mol. The average molecular weight is 477 g/mol. The van der Waals surface area contributed by atoms with E-state index in [4.69, 9.17) is 9.47 Å². The monoisotopic (exact) mass is 476 g/mol. The zero-order chi connectivity index (χ0) is 21.0. The molecule has 7 nitrogen and oxygen atoms in total. The maximum absolute atomic E-state index is 12.7. The summed E-state index contributed by atoms with van der Waals surface area (Å²) in [5.41, 5.74) is 1.44. The fraction of sp³-hybridized carbons (Fsp3) is 0.200. The van der Waals surface area contributed by atoms with E-state index < -0.39 is 17.8 Å². The largest absolute Gasteiger partial charge is 0.465 e. The quantitative estimate of drug-likeness (QED) is 0.525. The molecule has 9 heteroatoms. The smallest absolute Gasteiger partial charge is 0.337 e. The predicted molar refractivity (Wildman–Crippen MR) is 112 cm³/mol. The number of fused-ring (bicyclic) bond motifs is 1. The van der Waals surface area contributed by atoms with E-state index in [1.165, 1.54) is 18.4 Å². The molecule has 0 fully saturated rings. The van der Waals surface area contributed by atoms with Gasteiger partial charge in [-0.3, -0.25) is 9.59 Å². The first-order chi connectivity index (χ1) is 13.9. The first-order valence-electron chi connectivity index (χ1n) is 8.65. The third-order valence-electron chi connectivity index (χ3n) is 4.00. The Morgan fingerprint density at radius 2 is 1.93 bits per heavy atom. The lowest BCUT2D eigenvalue weighted by Crippen LogP contribution is -2.23. The topological polar surface area (TPSA) is 87.0 Å². The molecule has 3 rings (SSSR count). The summed E-state index contributed by atoms with van der Waals surface area (Å²) in [6, 6.07) is 11.9. The maximum Gasteiger partial charge on any atom is 0.337 e. The molecule has 0 atom stereocenters. The van der Waals surface area contributed by atoms with Gasteiger partial charge in [0.05, 0.1) is 35.1 Å². The number of carbonyl (C=O) groups is 3. The highest BCUT2D eigenvalue weighted by Gasteiger charge is 2.16. The number of halogens is 1. The molecule has 0 aliphatic carbocycles. The second kappa shape index (κ2) is 9.15. The highest BCUT2D eigenvalue weighted by atomic mass is 79.9. The van der Waals surface area contributed by atoms with Gasteiger partial charge in [0.1, 0.15) is 6.54 Å². The SMILES string of the molecule is CCOC(=O)Cn1c(=NC(=O)c2ccccc2Br)sc2cc(C(=O)OC)ccc21. The lowest BCUT2D eigenvalue weighted by molar-refractivity contribution is -0.143. The number of ether oxygens (including phenoxy) is 2. The molecule has 1 amide bonds. The van der Waals surface area contributed by atoms with Gasteiger partial charge in [-0.15, -0.1) is 0 Å². The molecule has 0 spiro atoms. The summed E-state index contributed by atoms with van der Waals surface area (Å²) < 4.78 is 12.7. The van der Waals surface area contributed by atoms with E-state index in [2.05, 4.69) is 20.9 Å². The van der Waals surface area contributed by atoms with Crippen LogP contribution in [-0.2, 0) is 20.8 Å². The van der Waals surface area contributed by atoms with E-state index >= 15 is 0 Å². The van der Waals surface area contributed by atoms with Crippen LogP contribution in [0.25, 0.3) is 10.2 Å². The Balaban J connectivity index is 2.15. The highest BCUT2D eigenvalue weighted by molar-refractivity contribution is 9.10. The summed E-state index contributed by atoms with van der Waals surface area (Å²) in [7, 11) is 1.30. The number of carbonyl (C=O) groups excluding carboxylic acids is 3. The van der Waals surface area contributed by atoms with Gasteiger partial charge in [-0.2, -0.15) is 4.99 Å². The number of benzene rings is 2. The summed E-state index contributed by atoms with van der Waals surface area (Å²) in [4.78, 5) is 41.2. The van der Waals surface area contributed by atoms with Crippen molar-refractivity contribution in [3.63, 3.8) is 0 Å². The Hall–Kier alpha value is -2.78. The summed E-state index contributed by atoms with van der Waals surface area (Å²) in [5, 5.41) is 0. The van der Waals surface area contributed by atoms with Crippen LogP contribution in [0, 0.1) is 0 Å². The van der Waals surface area contributed by atoms with E-state index in [1.54, 1.807) is 54.0 Å². The number of thiazole rings is 1. The van der Waals surface area contributed by atoms with Gasteiger partial charge in [0.15, 0.2) is 4.80 Å². The molecule has 0 unspecified atom stereocenters. The van der Waals surface area contributed by atoms with Gasteiger partial charge in [-0.05, 0) is 53.2 Å². The standard InChI is InChI=1S/C20H17BrN2O5S/c1-3-28-17(24)11-23-15-9-8-12(19(26)27-2)10-16(15)29-20(23)22-18(25)13-6-4-5-7-14(13)21/h4-10H,3,11H2,1-2H3. The van der Waals surface area contributed by atoms with Crippen molar-refractivity contribution >= 4 is 55.3 Å². The fourth-order valence-corrected chi connectivity index (χ4v) is 4.20. The zero-order valence-corrected chi connectivity index (χ0v) is 18.1. The molecule has 0 N–H and O–H groups in total. The molecule has 3 aromatic rings. The summed E-state index contributed by atoms with van der Waals surface area (Å²) in [6.07, 6.45) is 0. The van der Waals surface area contributed by atoms with Crippen molar-refractivity contribution in [2.45, 2.75) is 13.5 Å². The minimum absolute atomic E-state index is 0.104. The third kappa shape index (κ3) is 4.63.